The van der Waals surface area contributed by atoms with Gasteiger partial charge in [-0.15, -0.1) is 11.8 Å². The van der Waals surface area contributed by atoms with Crippen LogP contribution in [0.4, 0.5) is 5.69 Å². The second kappa shape index (κ2) is 15.7. The molecule has 3 aromatic rings. The highest BCUT2D eigenvalue weighted by molar-refractivity contribution is 7.98. The van der Waals surface area contributed by atoms with Crippen molar-refractivity contribution in [1.29, 1.82) is 0 Å². The van der Waals surface area contributed by atoms with Crippen molar-refractivity contribution in [2.75, 3.05) is 30.3 Å². The van der Waals surface area contributed by atoms with Gasteiger partial charge in [-0.2, -0.15) is 0 Å². The Bertz CT molecular complexity index is 1410. The van der Waals surface area contributed by atoms with Crippen LogP contribution < -0.4 is 14.4 Å². The molecule has 10 heteroatoms. The molecule has 3 aromatic carbocycles. The van der Waals surface area contributed by atoms with Gasteiger partial charge >= 0.3 is 0 Å². The molecule has 0 radical (unpaired) electrons. The van der Waals surface area contributed by atoms with Gasteiger partial charge in [0, 0.05) is 17.5 Å². The zero-order valence-corrected chi connectivity index (χ0v) is 26.6. The van der Waals surface area contributed by atoms with Crippen molar-refractivity contribution in [3.63, 3.8) is 0 Å². The van der Waals surface area contributed by atoms with Crippen LogP contribution in [0.2, 0.25) is 0 Å². The molecule has 42 heavy (non-hydrogen) atoms. The van der Waals surface area contributed by atoms with Crippen molar-refractivity contribution in [3.05, 3.63) is 84.4 Å². The summed E-state index contributed by atoms with van der Waals surface area (Å²) in [7, 11) is -4.19. The molecule has 0 saturated carbocycles. The Balaban J connectivity index is 2.07. The van der Waals surface area contributed by atoms with Crippen LogP contribution in [-0.4, -0.2) is 63.2 Å². The fraction of sp³-hybridized carbons (Fsp3) is 0.375. The summed E-state index contributed by atoms with van der Waals surface area (Å²) in [5, 5.41) is 2.92. The molecule has 0 saturated heterocycles. The second-order valence-corrected chi connectivity index (χ2v) is 12.7. The largest absolute Gasteiger partial charge is 0.492 e. The number of benzene rings is 3. The van der Waals surface area contributed by atoms with Gasteiger partial charge in [0.05, 0.1) is 17.2 Å². The molecule has 0 aliphatic carbocycles. The van der Waals surface area contributed by atoms with Gasteiger partial charge in [-0.3, -0.25) is 13.9 Å². The van der Waals surface area contributed by atoms with E-state index in [-0.39, 0.29) is 29.1 Å². The fourth-order valence-electron chi connectivity index (χ4n) is 4.61. The zero-order valence-electron chi connectivity index (χ0n) is 24.9. The monoisotopic (exact) mass is 611 g/mol. The SMILES string of the molecule is CCOc1ccccc1N(CC(=O)N(CCc1ccccc1)[C@H](CC)C(=O)NC(C)C)S(=O)(=O)c1ccc(SC)cc1. The normalized spacial score (nSPS) is 12.0. The van der Waals surface area contributed by atoms with Crippen LogP contribution in [0.5, 0.6) is 5.75 Å². The number of hydrogen-bond acceptors (Lipinski definition) is 6. The minimum atomic E-state index is -4.19. The minimum absolute atomic E-state index is 0.0554. The van der Waals surface area contributed by atoms with Crippen LogP contribution in [0.3, 0.4) is 0 Å². The first-order chi connectivity index (χ1) is 20.1. The predicted octanol–water partition coefficient (Wildman–Crippen LogP) is 5.38. The number of anilines is 1. The lowest BCUT2D eigenvalue weighted by Crippen LogP contribution is -2.54. The molecule has 0 bridgehead atoms. The summed E-state index contributed by atoms with van der Waals surface area (Å²) in [6, 6.07) is 22.1. The Labute approximate surface area is 254 Å². The Morgan fingerprint density at radius 2 is 1.57 bits per heavy atom. The van der Waals surface area contributed by atoms with E-state index in [1.807, 2.05) is 64.3 Å². The molecule has 0 aliphatic heterocycles. The van der Waals surface area contributed by atoms with Gasteiger partial charge in [-0.25, -0.2) is 8.42 Å². The third kappa shape index (κ3) is 8.51. The number of hydrogen-bond donors (Lipinski definition) is 1. The molecule has 0 unspecified atom stereocenters. The minimum Gasteiger partial charge on any atom is -0.492 e. The van der Waals surface area contributed by atoms with Gasteiger partial charge in [0.1, 0.15) is 18.3 Å². The molecule has 0 aliphatic rings. The summed E-state index contributed by atoms with van der Waals surface area (Å²) in [4.78, 5) is 29.9. The molecule has 0 heterocycles. The number of thioether (sulfide) groups is 1. The highest BCUT2D eigenvalue weighted by atomic mass is 32.2. The molecule has 2 amide bonds. The third-order valence-corrected chi connectivity index (χ3v) is 9.18. The maximum absolute atomic E-state index is 14.2. The number of ether oxygens (including phenoxy) is 1. The van der Waals surface area contributed by atoms with E-state index in [9.17, 15) is 18.0 Å². The second-order valence-electron chi connectivity index (χ2n) is 10.00. The van der Waals surface area contributed by atoms with Crippen LogP contribution in [0.1, 0.15) is 39.7 Å². The van der Waals surface area contributed by atoms with Gasteiger partial charge in [-0.05, 0) is 81.8 Å². The van der Waals surface area contributed by atoms with E-state index in [2.05, 4.69) is 5.32 Å². The highest BCUT2D eigenvalue weighted by Crippen LogP contribution is 2.33. The molecular formula is C32H41N3O5S2. The third-order valence-electron chi connectivity index (χ3n) is 6.66. The molecule has 0 fully saturated rings. The first-order valence-electron chi connectivity index (χ1n) is 14.1. The molecule has 226 valence electrons. The maximum atomic E-state index is 14.2. The summed E-state index contributed by atoms with van der Waals surface area (Å²) in [6.07, 6.45) is 2.80. The van der Waals surface area contributed by atoms with E-state index >= 15 is 0 Å². The lowest BCUT2D eigenvalue weighted by Gasteiger charge is -2.34. The smallest absolute Gasteiger partial charge is 0.264 e. The van der Waals surface area contributed by atoms with Gasteiger partial charge in [-0.1, -0.05) is 49.4 Å². The maximum Gasteiger partial charge on any atom is 0.264 e. The Hall–Kier alpha value is -3.50. The number of para-hydroxylation sites is 2. The topological polar surface area (TPSA) is 96.0 Å². The first kappa shape index (κ1) is 33.0. The van der Waals surface area contributed by atoms with Gasteiger partial charge in [0.25, 0.3) is 10.0 Å². The average Bonchev–Trinajstić information content (AvgIpc) is 2.98. The highest BCUT2D eigenvalue weighted by Gasteiger charge is 2.34. The van der Waals surface area contributed by atoms with Crippen molar-refractivity contribution >= 4 is 39.3 Å². The van der Waals surface area contributed by atoms with Gasteiger partial charge in [0.15, 0.2) is 0 Å². The number of sulfonamides is 1. The standard InChI is InChI=1S/C32H41N3O5S2/c1-6-28(32(37)33-24(3)4)34(22-21-25-13-9-8-10-14-25)31(36)23-35(29-15-11-12-16-30(29)40-7-2)42(38,39)27-19-17-26(41-5)18-20-27/h8-20,24,28H,6-7,21-23H2,1-5H3,(H,33,37)/t28-/m1/s1. The number of carbonyl (C=O) groups is 2. The summed E-state index contributed by atoms with van der Waals surface area (Å²) in [5.41, 5.74) is 1.26. The number of nitrogens with zero attached hydrogens (tertiary/aromatic N) is 2. The van der Waals surface area contributed by atoms with E-state index in [0.29, 0.717) is 25.2 Å². The van der Waals surface area contributed by atoms with Gasteiger partial charge < -0.3 is 15.0 Å². The molecule has 0 spiro atoms. The van der Waals surface area contributed by atoms with Crippen LogP contribution in [0.25, 0.3) is 0 Å². The molecule has 8 nitrogen and oxygen atoms in total. The lowest BCUT2D eigenvalue weighted by atomic mass is 10.1. The van der Waals surface area contributed by atoms with Crippen LogP contribution in [-0.2, 0) is 26.0 Å². The summed E-state index contributed by atoms with van der Waals surface area (Å²) >= 11 is 1.51. The zero-order chi connectivity index (χ0) is 30.7. The molecule has 0 aromatic heterocycles. The Kier molecular flexibility index (Phi) is 12.3. The van der Waals surface area contributed by atoms with E-state index < -0.39 is 28.5 Å². The van der Waals surface area contributed by atoms with E-state index in [4.69, 9.17) is 4.74 Å². The van der Waals surface area contributed by atoms with Crippen LogP contribution >= 0.6 is 11.8 Å². The summed E-state index contributed by atoms with van der Waals surface area (Å²) in [6.45, 7) is 7.45. The molecule has 1 N–H and O–H groups in total. The van der Waals surface area contributed by atoms with Crippen molar-refractivity contribution in [3.8, 4) is 5.75 Å². The van der Waals surface area contributed by atoms with E-state index in [1.54, 1.807) is 48.5 Å². The van der Waals surface area contributed by atoms with Gasteiger partial charge in [0.2, 0.25) is 11.8 Å². The number of nitrogens with one attached hydrogen (secondary N) is 1. The number of rotatable bonds is 15. The lowest BCUT2D eigenvalue weighted by molar-refractivity contribution is -0.139. The predicted molar refractivity (Wildman–Crippen MR) is 170 cm³/mol. The van der Waals surface area contributed by atoms with E-state index in [1.165, 1.54) is 16.7 Å². The quantitative estimate of drug-likeness (QED) is 0.232. The van der Waals surface area contributed by atoms with Crippen molar-refractivity contribution in [2.24, 2.45) is 0 Å². The van der Waals surface area contributed by atoms with Crippen molar-refractivity contribution < 1.29 is 22.7 Å². The molecule has 3 rings (SSSR count). The van der Waals surface area contributed by atoms with Crippen LogP contribution in [0, 0.1) is 0 Å². The summed E-state index contributed by atoms with van der Waals surface area (Å²) in [5.74, 6) is -0.407. The average molecular weight is 612 g/mol. The first-order valence-corrected chi connectivity index (χ1v) is 16.8. The number of amides is 2. The Morgan fingerprint density at radius 3 is 2.17 bits per heavy atom. The summed E-state index contributed by atoms with van der Waals surface area (Å²) < 4.78 is 35.2. The van der Waals surface area contributed by atoms with Crippen molar-refractivity contribution in [2.45, 2.75) is 62.4 Å². The van der Waals surface area contributed by atoms with Crippen molar-refractivity contribution in [1.82, 2.24) is 10.2 Å². The number of carbonyl (C=O) groups excluding carboxylic acids is 2. The fourth-order valence-corrected chi connectivity index (χ4v) is 6.44. The van der Waals surface area contributed by atoms with E-state index in [0.717, 1.165) is 14.8 Å². The van der Waals surface area contributed by atoms with Crippen LogP contribution in [0.15, 0.2) is 88.7 Å². The molecular weight excluding hydrogens is 571 g/mol. The Morgan fingerprint density at radius 1 is 0.929 bits per heavy atom. The molecule has 1 atom stereocenters.